The van der Waals surface area contributed by atoms with E-state index in [4.69, 9.17) is 11.6 Å². The highest BCUT2D eigenvalue weighted by atomic mass is 35.5. The van der Waals surface area contributed by atoms with Crippen LogP contribution in [-0.2, 0) is 4.79 Å². The number of rotatable bonds is 3. The number of alkyl halides is 4. The standard InChI is InChI=1S/C6H9ClF3NO/c1-11(4-6(8,9)10)5(12)2-3-7/h2-4H2,1H3. The molecule has 0 saturated heterocycles. The summed E-state index contributed by atoms with van der Waals surface area (Å²) in [6.07, 6.45) is -4.40. The van der Waals surface area contributed by atoms with Gasteiger partial charge in [0, 0.05) is 19.3 Å². The van der Waals surface area contributed by atoms with E-state index in [1.54, 1.807) is 0 Å². The number of halogens is 4. The van der Waals surface area contributed by atoms with Crippen molar-refractivity contribution in [2.24, 2.45) is 0 Å². The highest BCUT2D eigenvalue weighted by molar-refractivity contribution is 6.18. The van der Waals surface area contributed by atoms with Crippen molar-refractivity contribution < 1.29 is 18.0 Å². The first-order valence-electron chi connectivity index (χ1n) is 3.23. The van der Waals surface area contributed by atoms with Crippen molar-refractivity contribution in [2.45, 2.75) is 12.6 Å². The average Bonchev–Trinajstić information content (AvgIpc) is 1.84. The van der Waals surface area contributed by atoms with Gasteiger partial charge < -0.3 is 4.90 Å². The Bertz CT molecular complexity index is 159. The first kappa shape index (κ1) is 11.6. The summed E-state index contributed by atoms with van der Waals surface area (Å²) in [6.45, 7) is -1.22. The van der Waals surface area contributed by atoms with E-state index in [1.165, 1.54) is 0 Å². The smallest absolute Gasteiger partial charge is 0.337 e. The molecule has 0 aliphatic rings. The third-order valence-corrected chi connectivity index (χ3v) is 1.34. The number of hydrogen-bond donors (Lipinski definition) is 0. The van der Waals surface area contributed by atoms with Crippen LogP contribution in [0.2, 0.25) is 0 Å². The molecule has 0 fully saturated rings. The maximum absolute atomic E-state index is 11.7. The third-order valence-electron chi connectivity index (χ3n) is 1.15. The fourth-order valence-electron chi connectivity index (χ4n) is 0.629. The molecule has 12 heavy (non-hydrogen) atoms. The minimum atomic E-state index is -4.34. The minimum Gasteiger partial charge on any atom is -0.337 e. The van der Waals surface area contributed by atoms with Gasteiger partial charge in [-0.2, -0.15) is 13.2 Å². The third kappa shape index (κ3) is 5.23. The Balaban J connectivity index is 3.87. The molecule has 0 aliphatic carbocycles. The topological polar surface area (TPSA) is 20.3 Å². The molecule has 0 radical (unpaired) electrons. The van der Waals surface area contributed by atoms with Crippen LogP contribution < -0.4 is 0 Å². The van der Waals surface area contributed by atoms with Crippen LogP contribution in [0.1, 0.15) is 6.42 Å². The van der Waals surface area contributed by atoms with Crippen molar-refractivity contribution in [1.82, 2.24) is 4.90 Å². The molecule has 72 valence electrons. The summed E-state index contributed by atoms with van der Waals surface area (Å²) in [5.74, 6) is -0.552. The van der Waals surface area contributed by atoms with Gasteiger partial charge >= 0.3 is 6.18 Å². The molecule has 0 unspecified atom stereocenters. The summed E-state index contributed by atoms with van der Waals surface area (Å²) in [4.78, 5) is 11.4. The lowest BCUT2D eigenvalue weighted by molar-refractivity contribution is -0.158. The summed E-state index contributed by atoms with van der Waals surface area (Å²) in [6, 6.07) is 0. The Labute approximate surface area is 73.3 Å². The zero-order chi connectivity index (χ0) is 9.78. The number of carbonyl (C=O) groups excluding carboxylic acids is 1. The Morgan fingerprint density at radius 1 is 1.50 bits per heavy atom. The van der Waals surface area contributed by atoms with Gasteiger partial charge in [0.25, 0.3) is 0 Å². The summed E-state index contributed by atoms with van der Waals surface area (Å²) in [7, 11) is 1.10. The molecule has 0 bridgehead atoms. The van der Waals surface area contributed by atoms with Crippen LogP contribution in [-0.4, -0.2) is 36.5 Å². The van der Waals surface area contributed by atoms with E-state index >= 15 is 0 Å². The van der Waals surface area contributed by atoms with Crippen molar-refractivity contribution in [3.63, 3.8) is 0 Å². The van der Waals surface area contributed by atoms with E-state index in [0.29, 0.717) is 4.90 Å². The van der Waals surface area contributed by atoms with Gasteiger partial charge in [0.15, 0.2) is 0 Å². The number of nitrogens with zero attached hydrogens (tertiary/aromatic N) is 1. The van der Waals surface area contributed by atoms with Gasteiger partial charge in [-0.05, 0) is 0 Å². The van der Waals surface area contributed by atoms with Crippen molar-refractivity contribution in [1.29, 1.82) is 0 Å². The van der Waals surface area contributed by atoms with E-state index in [2.05, 4.69) is 0 Å². The van der Waals surface area contributed by atoms with E-state index in [0.717, 1.165) is 7.05 Å². The van der Waals surface area contributed by atoms with Crippen molar-refractivity contribution in [3.05, 3.63) is 0 Å². The highest BCUT2D eigenvalue weighted by Gasteiger charge is 2.30. The van der Waals surface area contributed by atoms with Crippen molar-refractivity contribution in [3.8, 4) is 0 Å². The van der Waals surface area contributed by atoms with E-state index in [-0.39, 0.29) is 12.3 Å². The van der Waals surface area contributed by atoms with Gasteiger partial charge in [0.2, 0.25) is 5.91 Å². The summed E-state index contributed by atoms with van der Waals surface area (Å²) in [5, 5.41) is 0. The Morgan fingerprint density at radius 3 is 2.33 bits per heavy atom. The maximum Gasteiger partial charge on any atom is 0.406 e. The largest absolute Gasteiger partial charge is 0.406 e. The molecule has 1 amide bonds. The van der Waals surface area contributed by atoms with Crippen LogP contribution in [0.25, 0.3) is 0 Å². The van der Waals surface area contributed by atoms with Crippen LogP contribution in [0.5, 0.6) is 0 Å². The van der Waals surface area contributed by atoms with Gasteiger partial charge in [0.05, 0.1) is 0 Å². The molecule has 0 aromatic heterocycles. The molecule has 0 spiro atoms. The zero-order valence-corrected chi connectivity index (χ0v) is 7.24. The van der Waals surface area contributed by atoms with E-state index in [1.807, 2.05) is 0 Å². The summed E-state index contributed by atoms with van der Waals surface area (Å²) < 4.78 is 35.0. The number of amides is 1. The van der Waals surface area contributed by atoms with Gasteiger partial charge in [-0.1, -0.05) is 0 Å². The normalized spacial score (nSPS) is 11.4. The minimum absolute atomic E-state index is 0.0427. The number of hydrogen-bond acceptors (Lipinski definition) is 1. The summed E-state index contributed by atoms with van der Waals surface area (Å²) >= 11 is 5.18. The fourth-order valence-corrected chi connectivity index (χ4v) is 0.790. The second-order valence-electron chi connectivity index (χ2n) is 2.30. The molecule has 0 rings (SSSR count). The van der Waals surface area contributed by atoms with Crippen LogP contribution in [0.3, 0.4) is 0 Å². The van der Waals surface area contributed by atoms with Gasteiger partial charge in [-0.15, -0.1) is 11.6 Å². The Kier molecular flexibility index (Phi) is 4.37. The Morgan fingerprint density at radius 2 is 2.00 bits per heavy atom. The van der Waals surface area contributed by atoms with Gasteiger partial charge in [-0.3, -0.25) is 4.79 Å². The average molecular weight is 204 g/mol. The SMILES string of the molecule is CN(CC(F)(F)F)C(=O)CCCl. The predicted molar refractivity (Wildman–Crippen MR) is 39.0 cm³/mol. The molecule has 6 heteroatoms. The van der Waals surface area contributed by atoms with Crippen LogP contribution >= 0.6 is 11.6 Å². The molecule has 0 saturated carbocycles. The lowest BCUT2D eigenvalue weighted by Gasteiger charge is -2.18. The first-order chi connectivity index (χ1) is 5.37. The molecular formula is C6H9ClF3NO. The molecule has 2 nitrogen and oxygen atoms in total. The quantitative estimate of drug-likeness (QED) is 0.639. The fraction of sp³-hybridized carbons (Fsp3) is 0.833. The monoisotopic (exact) mass is 203 g/mol. The lowest BCUT2D eigenvalue weighted by Crippen LogP contribution is -2.35. The molecular weight excluding hydrogens is 195 g/mol. The predicted octanol–water partition coefficient (Wildman–Crippen LogP) is 1.64. The van der Waals surface area contributed by atoms with Crippen LogP contribution in [0.15, 0.2) is 0 Å². The molecule has 0 heterocycles. The highest BCUT2D eigenvalue weighted by Crippen LogP contribution is 2.15. The molecule has 0 aromatic carbocycles. The van der Waals surface area contributed by atoms with E-state index in [9.17, 15) is 18.0 Å². The van der Waals surface area contributed by atoms with Crippen LogP contribution in [0.4, 0.5) is 13.2 Å². The molecule has 0 aliphatic heterocycles. The molecule has 0 aromatic rings. The first-order valence-corrected chi connectivity index (χ1v) is 3.77. The second kappa shape index (κ2) is 4.54. The maximum atomic E-state index is 11.7. The number of carbonyl (C=O) groups is 1. The summed E-state index contributed by atoms with van der Waals surface area (Å²) in [5.41, 5.74) is 0. The van der Waals surface area contributed by atoms with Crippen molar-refractivity contribution >= 4 is 17.5 Å². The molecule has 0 atom stereocenters. The van der Waals surface area contributed by atoms with Gasteiger partial charge in [-0.25, -0.2) is 0 Å². The van der Waals surface area contributed by atoms with Crippen molar-refractivity contribution in [2.75, 3.05) is 19.5 Å². The van der Waals surface area contributed by atoms with Crippen LogP contribution in [0, 0.1) is 0 Å². The second-order valence-corrected chi connectivity index (χ2v) is 2.68. The molecule has 0 N–H and O–H groups in total. The van der Waals surface area contributed by atoms with Gasteiger partial charge in [0.1, 0.15) is 6.54 Å². The lowest BCUT2D eigenvalue weighted by atomic mass is 10.4. The zero-order valence-electron chi connectivity index (χ0n) is 6.49. The Hall–Kier alpha value is -0.450. The van der Waals surface area contributed by atoms with E-state index < -0.39 is 18.6 Å².